The molecule has 0 amide bonds. The van der Waals surface area contributed by atoms with Gasteiger partial charge in [0.05, 0.1) is 12.0 Å². The van der Waals surface area contributed by atoms with E-state index in [1.807, 2.05) is 13.8 Å². The number of hydrogen-bond acceptors (Lipinski definition) is 4. The van der Waals surface area contributed by atoms with Crippen molar-refractivity contribution in [2.45, 2.75) is 32.6 Å². The van der Waals surface area contributed by atoms with Gasteiger partial charge in [-0.1, -0.05) is 13.8 Å². The van der Waals surface area contributed by atoms with Crippen LogP contribution in [0.15, 0.2) is 17.0 Å². The van der Waals surface area contributed by atoms with Crippen LogP contribution < -0.4 is 4.74 Å². The zero-order valence-corrected chi connectivity index (χ0v) is 15.6. The van der Waals surface area contributed by atoms with Crippen LogP contribution in [0.25, 0.3) is 0 Å². The van der Waals surface area contributed by atoms with Gasteiger partial charge in [0.2, 0.25) is 10.0 Å². The van der Waals surface area contributed by atoms with Crippen molar-refractivity contribution in [3.63, 3.8) is 0 Å². The molecule has 0 atom stereocenters. The molecule has 0 unspecified atom stereocenters. The molecule has 1 heterocycles. The normalized spacial score (nSPS) is 17.7. The SMILES string of the molecule is COc1c(C)cc(S(=O)(=O)N2CCN(CC(C)C)CC2)cc1C. The van der Waals surface area contributed by atoms with E-state index in [0.717, 1.165) is 36.5 Å². The molecule has 0 spiro atoms. The molecule has 1 aromatic carbocycles. The van der Waals surface area contributed by atoms with E-state index in [1.165, 1.54) is 0 Å². The van der Waals surface area contributed by atoms with Crippen LogP contribution in [0.2, 0.25) is 0 Å². The Morgan fingerprint density at radius 1 is 1.09 bits per heavy atom. The molecule has 5 nitrogen and oxygen atoms in total. The lowest BCUT2D eigenvalue weighted by atomic mass is 10.1. The van der Waals surface area contributed by atoms with Gasteiger partial charge in [-0.2, -0.15) is 4.31 Å². The highest BCUT2D eigenvalue weighted by atomic mass is 32.2. The number of hydrogen-bond donors (Lipinski definition) is 0. The largest absolute Gasteiger partial charge is 0.496 e. The van der Waals surface area contributed by atoms with Crippen molar-refractivity contribution in [1.82, 2.24) is 9.21 Å². The predicted molar refractivity (Wildman–Crippen MR) is 92.5 cm³/mol. The van der Waals surface area contributed by atoms with Crippen molar-refractivity contribution < 1.29 is 13.2 Å². The molecule has 1 aliphatic heterocycles. The van der Waals surface area contributed by atoms with Crippen molar-refractivity contribution in [1.29, 1.82) is 0 Å². The van der Waals surface area contributed by atoms with E-state index in [1.54, 1.807) is 23.5 Å². The summed E-state index contributed by atoms with van der Waals surface area (Å²) in [5, 5.41) is 0. The third-order valence-electron chi connectivity index (χ3n) is 4.23. The molecule has 6 heteroatoms. The van der Waals surface area contributed by atoms with Gasteiger partial charge in [-0.15, -0.1) is 0 Å². The van der Waals surface area contributed by atoms with E-state index in [2.05, 4.69) is 18.7 Å². The Bertz CT molecular complexity index is 625. The summed E-state index contributed by atoms with van der Waals surface area (Å²) in [5.41, 5.74) is 1.70. The van der Waals surface area contributed by atoms with Gasteiger partial charge in [0, 0.05) is 32.7 Å². The van der Waals surface area contributed by atoms with Gasteiger partial charge in [0.25, 0.3) is 0 Å². The second-order valence-corrected chi connectivity index (χ2v) is 8.63. The van der Waals surface area contributed by atoms with Gasteiger partial charge in [-0.3, -0.25) is 0 Å². The summed E-state index contributed by atoms with van der Waals surface area (Å²) in [5.74, 6) is 1.36. The summed E-state index contributed by atoms with van der Waals surface area (Å²) in [6.45, 7) is 11.9. The number of nitrogens with zero attached hydrogens (tertiary/aromatic N) is 2. The highest BCUT2D eigenvalue weighted by Crippen LogP contribution is 2.28. The Hall–Kier alpha value is -1.11. The number of aryl methyl sites for hydroxylation is 2. The minimum Gasteiger partial charge on any atom is -0.496 e. The van der Waals surface area contributed by atoms with Crippen molar-refractivity contribution in [3.8, 4) is 5.75 Å². The van der Waals surface area contributed by atoms with Crippen molar-refractivity contribution >= 4 is 10.0 Å². The number of sulfonamides is 1. The monoisotopic (exact) mass is 340 g/mol. The zero-order chi connectivity index (χ0) is 17.2. The molecule has 0 radical (unpaired) electrons. The molecule has 2 rings (SSSR count). The first-order valence-electron chi connectivity index (χ1n) is 8.13. The first kappa shape index (κ1) is 18.2. The highest BCUT2D eigenvalue weighted by molar-refractivity contribution is 7.89. The standard InChI is InChI=1S/C17H28N2O3S/c1-13(2)12-18-6-8-19(9-7-18)23(20,21)16-10-14(3)17(22-5)15(4)11-16/h10-11,13H,6-9,12H2,1-5H3. The number of ether oxygens (including phenoxy) is 1. The smallest absolute Gasteiger partial charge is 0.243 e. The molecule has 0 saturated carbocycles. The van der Waals surface area contributed by atoms with Crippen LogP contribution >= 0.6 is 0 Å². The third kappa shape index (κ3) is 4.05. The second kappa shape index (κ2) is 7.20. The van der Waals surface area contributed by atoms with Crippen LogP contribution in [0.1, 0.15) is 25.0 Å². The first-order chi connectivity index (χ1) is 10.8. The molecule has 130 valence electrons. The maximum absolute atomic E-state index is 12.9. The minimum atomic E-state index is -3.43. The van der Waals surface area contributed by atoms with E-state index >= 15 is 0 Å². The van der Waals surface area contributed by atoms with Gasteiger partial charge >= 0.3 is 0 Å². The molecule has 1 saturated heterocycles. The summed E-state index contributed by atoms with van der Waals surface area (Å²) < 4.78 is 32.7. The lowest BCUT2D eigenvalue weighted by Crippen LogP contribution is -2.49. The van der Waals surface area contributed by atoms with E-state index < -0.39 is 10.0 Å². The van der Waals surface area contributed by atoms with Crippen molar-refractivity contribution in [2.24, 2.45) is 5.92 Å². The zero-order valence-electron chi connectivity index (χ0n) is 14.8. The topological polar surface area (TPSA) is 49.9 Å². The Morgan fingerprint density at radius 2 is 1.61 bits per heavy atom. The van der Waals surface area contributed by atoms with Crippen LogP contribution in [0.5, 0.6) is 5.75 Å². The maximum atomic E-state index is 12.9. The fourth-order valence-electron chi connectivity index (χ4n) is 3.20. The van der Waals surface area contributed by atoms with Crippen LogP contribution in [0.4, 0.5) is 0 Å². The quantitative estimate of drug-likeness (QED) is 0.825. The number of rotatable bonds is 5. The van der Waals surface area contributed by atoms with Crippen molar-refractivity contribution in [2.75, 3.05) is 39.8 Å². The predicted octanol–water partition coefficient (Wildman–Crippen LogP) is 2.27. The average Bonchev–Trinajstić information content (AvgIpc) is 2.46. The van der Waals surface area contributed by atoms with E-state index in [-0.39, 0.29) is 0 Å². The molecule has 0 aromatic heterocycles. The Kier molecular flexibility index (Phi) is 5.70. The number of piperazine rings is 1. The molecule has 23 heavy (non-hydrogen) atoms. The van der Waals surface area contributed by atoms with E-state index in [9.17, 15) is 8.42 Å². The first-order valence-corrected chi connectivity index (χ1v) is 9.57. The van der Waals surface area contributed by atoms with Gasteiger partial charge < -0.3 is 9.64 Å². The lowest BCUT2D eigenvalue weighted by Gasteiger charge is -2.34. The van der Waals surface area contributed by atoms with Gasteiger partial charge in [-0.25, -0.2) is 8.42 Å². The Morgan fingerprint density at radius 3 is 2.04 bits per heavy atom. The number of benzene rings is 1. The van der Waals surface area contributed by atoms with Crippen LogP contribution in [0, 0.1) is 19.8 Å². The maximum Gasteiger partial charge on any atom is 0.243 e. The average molecular weight is 340 g/mol. The third-order valence-corrected chi connectivity index (χ3v) is 6.11. The summed E-state index contributed by atoms with van der Waals surface area (Å²) >= 11 is 0. The molecular formula is C17H28N2O3S. The van der Waals surface area contributed by atoms with Gasteiger partial charge in [-0.05, 0) is 43.0 Å². The molecule has 1 fully saturated rings. The molecule has 0 N–H and O–H groups in total. The molecule has 0 bridgehead atoms. The minimum absolute atomic E-state index is 0.366. The van der Waals surface area contributed by atoms with E-state index in [0.29, 0.717) is 23.9 Å². The van der Waals surface area contributed by atoms with Gasteiger partial charge in [0.15, 0.2) is 0 Å². The van der Waals surface area contributed by atoms with Crippen LogP contribution in [-0.4, -0.2) is 57.5 Å². The van der Waals surface area contributed by atoms with Crippen LogP contribution in [-0.2, 0) is 10.0 Å². The highest BCUT2D eigenvalue weighted by Gasteiger charge is 2.29. The Balaban J connectivity index is 2.17. The molecule has 1 aliphatic rings. The fourth-order valence-corrected chi connectivity index (χ4v) is 4.79. The summed E-state index contributed by atoms with van der Waals surface area (Å²) in [7, 11) is -1.82. The molecule has 1 aromatic rings. The summed E-state index contributed by atoms with van der Waals surface area (Å²) in [6.07, 6.45) is 0. The van der Waals surface area contributed by atoms with Crippen LogP contribution in [0.3, 0.4) is 0 Å². The van der Waals surface area contributed by atoms with E-state index in [4.69, 9.17) is 4.74 Å². The summed E-state index contributed by atoms with van der Waals surface area (Å²) in [6, 6.07) is 3.42. The second-order valence-electron chi connectivity index (χ2n) is 6.69. The molecular weight excluding hydrogens is 312 g/mol. The lowest BCUT2D eigenvalue weighted by molar-refractivity contribution is 0.172. The van der Waals surface area contributed by atoms with Gasteiger partial charge in [0.1, 0.15) is 5.75 Å². The van der Waals surface area contributed by atoms with Crippen molar-refractivity contribution in [3.05, 3.63) is 23.3 Å². The number of methoxy groups -OCH3 is 1. The fraction of sp³-hybridized carbons (Fsp3) is 0.647. The Labute approximate surface area is 140 Å². The summed E-state index contributed by atoms with van der Waals surface area (Å²) in [4.78, 5) is 2.70. The molecule has 0 aliphatic carbocycles.